The third-order valence-corrected chi connectivity index (χ3v) is 5.19. The van der Waals surface area contributed by atoms with E-state index in [1.165, 1.54) is 23.2 Å². The smallest absolute Gasteiger partial charge is 0.0695 e. The molecule has 140 valence electrons. The van der Waals surface area contributed by atoms with Gasteiger partial charge in [0.05, 0.1) is 17.6 Å². The number of pyridine rings is 1. The molecule has 1 fully saturated rings. The van der Waals surface area contributed by atoms with E-state index in [0.717, 1.165) is 50.7 Å². The zero-order chi connectivity index (χ0) is 18.5. The fourth-order valence-corrected chi connectivity index (χ4v) is 3.78. The van der Waals surface area contributed by atoms with Gasteiger partial charge in [0.25, 0.3) is 0 Å². The number of aromatic nitrogens is 3. The Hall–Kier alpha value is -2.50. The minimum Gasteiger partial charge on any atom is -0.298 e. The Kier molecular flexibility index (Phi) is 5.61. The zero-order valence-electron chi connectivity index (χ0n) is 15.9. The van der Waals surface area contributed by atoms with Crippen LogP contribution in [0.4, 0.5) is 0 Å². The number of nitrogens with zero attached hydrogens (tertiary/aromatic N) is 4. The molecule has 0 amide bonds. The van der Waals surface area contributed by atoms with E-state index in [-0.39, 0.29) is 0 Å². The molecule has 0 atom stereocenters. The molecule has 1 saturated heterocycles. The van der Waals surface area contributed by atoms with Crippen LogP contribution in [-0.4, -0.2) is 51.2 Å². The second-order valence-corrected chi connectivity index (χ2v) is 7.31. The molecular weight excluding hydrogens is 334 g/mol. The van der Waals surface area contributed by atoms with Crippen molar-refractivity contribution >= 4 is 0 Å². The van der Waals surface area contributed by atoms with E-state index in [1.807, 2.05) is 12.3 Å². The van der Waals surface area contributed by atoms with Crippen molar-refractivity contribution in [1.82, 2.24) is 25.0 Å². The first-order valence-electron chi connectivity index (χ1n) is 9.73. The van der Waals surface area contributed by atoms with Gasteiger partial charge in [0.1, 0.15) is 0 Å². The summed E-state index contributed by atoms with van der Waals surface area (Å²) in [6.45, 7) is 8.34. The van der Waals surface area contributed by atoms with Crippen molar-refractivity contribution in [1.29, 1.82) is 0 Å². The van der Waals surface area contributed by atoms with Crippen LogP contribution in [-0.2, 0) is 13.1 Å². The van der Waals surface area contributed by atoms with Gasteiger partial charge in [-0.2, -0.15) is 5.10 Å². The molecule has 1 aliphatic rings. The number of aryl methyl sites for hydroxylation is 1. The van der Waals surface area contributed by atoms with E-state index < -0.39 is 0 Å². The largest absolute Gasteiger partial charge is 0.298 e. The fraction of sp³-hybridized carbons (Fsp3) is 0.364. The molecule has 0 bridgehead atoms. The van der Waals surface area contributed by atoms with Crippen LogP contribution in [0, 0.1) is 6.92 Å². The molecule has 2 aromatic heterocycles. The highest BCUT2D eigenvalue weighted by Crippen LogP contribution is 2.22. The summed E-state index contributed by atoms with van der Waals surface area (Å²) in [4.78, 5) is 9.72. The Bertz CT molecular complexity index is 858. The minimum atomic E-state index is 0.941. The lowest BCUT2D eigenvalue weighted by Crippen LogP contribution is -2.30. The lowest BCUT2D eigenvalue weighted by atomic mass is 10.1. The van der Waals surface area contributed by atoms with E-state index in [0.29, 0.717) is 0 Å². The molecule has 0 radical (unpaired) electrons. The molecular formula is C22H27N5. The summed E-state index contributed by atoms with van der Waals surface area (Å²) in [5.41, 5.74) is 5.88. The Morgan fingerprint density at radius 1 is 0.889 bits per heavy atom. The average molecular weight is 361 g/mol. The number of nitrogens with one attached hydrogen (secondary N) is 1. The van der Waals surface area contributed by atoms with E-state index in [4.69, 9.17) is 0 Å². The molecule has 3 heterocycles. The monoisotopic (exact) mass is 361 g/mol. The van der Waals surface area contributed by atoms with Gasteiger partial charge in [-0.15, -0.1) is 0 Å². The third kappa shape index (κ3) is 4.62. The van der Waals surface area contributed by atoms with Gasteiger partial charge in [-0.3, -0.25) is 19.9 Å². The normalized spacial score (nSPS) is 16.3. The molecule has 0 unspecified atom stereocenters. The number of hydrogen-bond donors (Lipinski definition) is 1. The van der Waals surface area contributed by atoms with Crippen LogP contribution in [0.2, 0.25) is 0 Å². The molecule has 4 rings (SSSR count). The van der Waals surface area contributed by atoms with Crippen LogP contribution >= 0.6 is 0 Å². The third-order valence-electron chi connectivity index (χ3n) is 5.19. The second-order valence-electron chi connectivity index (χ2n) is 7.31. The van der Waals surface area contributed by atoms with Gasteiger partial charge in [0, 0.05) is 37.4 Å². The van der Waals surface area contributed by atoms with Crippen molar-refractivity contribution in [2.24, 2.45) is 0 Å². The second kappa shape index (κ2) is 8.46. The Balaban J connectivity index is 1.37. The number of rotatable bonds is 5. The highest BCUT2D eigenvalue weighted by atomic mass is 15.2. The highest BCUT2D eigenvalue weighted by Gasteiger charge is 2.17. The average Bonchev–Trinajstić information content (AvgIpc) is 3.03. The maximum absolute atomic E-state index is 4.66. The molecule has 3 aromatic rings. The molecule has 27 heavy (non-hydrogen) atoms. The summed E-state index contributed by atoms with van der Waals surface area (Å²) in [6, 6.07) is 16.8. The van der Waals surface area contributed by atoms with Gasteiger partial charge in [-0.1, -0.05) is 36.4 Å². The minimum absolute atomic E-state index is 0.941. The van der Waals surface area contributed by atoms with E-state index >= 15 is 0 Å². The van der Waals surface area contributed by atoms with Gasteiger partial charge in [-0.05, 0) is 44.1 Å². The summed E-state index contributed by atoms with van der Waals surface area (Å²) in [7, 11) is 0. The number of aromatic amines is 1. The van der Waals surface area contributed by atoms with E-state index in [1.54, 1.807) is 0 Å². The summed E-state index contributed by atoms with van der Waals surface area (Å²) in [5.74, 6) is 0. The van der Waals surface area contributed by atoms with Crippen LogP contribution in [0.15, 0.2) is 54.7 Å². The first-order valence-corrected chi connectivity index (χ1v) is 9.73. The van der Waals surface area contributed by atoms with Crippen molar-refractivity contribution in [2.75, 3.05) is 26.2 Å². The Labute approximate surface area is 161 Å². The van der Waals surface area contributed by atoms with Gasteiger partial charge in [0.2, 0.25) is 0 Å². The van der Waals surface area contributed by atoms with Crippen LogP contribution < -0.4 is 0 Å². The number of benzene rings is 1. The van der Waals surface area contributed by atoms with Crippen molar-refractivity contribution in [3.05, 3.63) is 71.7 Å². The first-order chi connectivity index (χ1) is 13.3. The van der Waals surface area contributed by atoms with Crippen LogP contribution in [0.25, 0.3) is 11.3 Å². The predicted molar refractivity (Wildman–Crippen MR) is 108 cm³/mol. The maximum atomic E-state index is 4.66. The zero-order valence-corrected chi connectivity index (χ0v) is 15.9. The van der Waals surface area contributed by atoms with E-state index in [2.05, 4.69) is 74.4 Å². The Morgan fingerprint density at radius 2 is 1.67 bits per heavy atom. The van der Waals surface area contributed by atoms with Gasteiger partial charge >= 0.3 is 0 Å². The molecule has 0 saturated carbocycles. The lowest BCUT2D eigenvalue weighted by Gasteiger charge is -2.21. The molecule has 1 N–H and O–H groups in total. The van der Waals surface area contributed by atoms with Gasteiger partial charge < -0.3 is 0 Å². The summed E-state index contributed by atoms with van der Waals surface area (Å²) >= 11 is 0. The SMILES string of the molecule is Cc1cccc(CN2CCCN(Cc3cn[nH]c3-c3ccccc3)CC2)n1. The van der Waals surface area contributed by atoms with Crippen molar-refractivity contribution < 1.29 is 0 Å². The molecule has 0 spiro atoms. The number of H-pyrrole nitrogens is 1. The van der Waals surface area contributed by atoms with Crippen LogP contribution in [0.1, 0.15) is 23.4 Å². The molecule has 5 nitrogen and oxygen atoms in total. The van der Waals surface area contributed by atoms with E-state index in [9.17, 15) is 0 Å². The standard InChI is InChI=1S/C22H27N5/c1-18-7-5-10-21(24-18)17-27-12-6-11-26(13-14-27)16-20-15-23-25-22(20)19-8-3-2-4-9-19/h2-5,7-10,15H,6,11-14,16-17H2,1H3,(H,23,25). The predicted octanol–water partition coefficient (Wildman–Crippen LogP) is 3.49. The molecule has 1 aromatic carbocycles. The lowest BCUT2D eigenvalue weighted by molar-refractivity contribution is 0.245. The van der Waals surface area contributed by atoms with Crippen LogP contribution in [0.3, 0.4) is 0 Å². The van der Waals surface area contributed by atoms with Crippen molar-refractivity contribution in [2.45, 2.75) is 26.4 Å². The summed E-state index contributed by atoms with van der Waals surface area (Å²) in [5, 5.41) is 7.47. The van der Waals surface area contributed by atoms with Crippen LogP contribution in [0.5, 0.6) is 0 Å². The summed E-state index contributed by atoms with van der Waals surface area (Å²) < 4.78 is 0. The van der Waals surface area contributed by atoms with Crippen molar-refractivity contribution in [3.8, 4) is 11.3 Å². The number of hydrogen-bond acceptors (Lipinski definition) is 4. The Morgan fingerprint density at radius 3 is 2.44 bits per heavy atom. The molecule has 5 heteroatoms. The highest BCUT2D eigenvalue weighted by molar-refractivity contribution is 5.62. The molecule has 0 aliphatic carbocycles. The maximum Gasteiger partial charge on any atom is 0.0695 e. The fourth-order valence-electron chi connectivity index (χ4n) is 3.78. The topological polar surface area (TPSA) is 48.0 Å². The van der Waals surface area contributed by atoms with Gasteiger partial charge in [0.15, 0.2) is 0 Å². The quantitative estimate of drug-likeness (QED) is 0.756. The first kappa shape index (κ1) is 17.9. The summed E-state index contributed by atoms with van der Waals surface area (Å²) in [6.07, 6.45) is 3.16. The van der Waals surface area contributed by atoms with Crippen molar-refractivity contribution in [3.63, 3.8) is 0 Å². The molecule has 1 aliphatic heterocycles. The van der Waals surface area contributed by atoms with Gasteiger partial charge in [-0.25, -0.2) is 0 Å².